The number of nitrogens with zero attached hydrogens (tertiary/aromatic N) is 2. The van der Waals surface area contributed by atoms with Crippen molar-refractivity contribution in [1.29, 1.82) is 0 Å². The SMILES string of the molecule is CCOCc1nc(NC)cc(NCC(C)(C)O)n1. The van der Waals surface area contributed by atoms with Crippen molar-refractivity contribution in [1.82, 2.24) is 9.97 Å². The summed E-state index contributed by atoms with van der Waals surface area (Å²) in [4.78, 5) is 8.61. The summed E-state index contributed by atoms with van der Waals surface area (Å²) in [6.07, 6.45) is 0. The van der Waals surface area contributed by atoms with E-state index in [0.29, 0.717) is 31.4 Å². The van der Waals surface area contributed by atoms with E-state index >= 15 is 0 Å². The molecule has 0 bridgehead atoms. The van der Waals surface area contributed by atoms with Crippen LogP contribution in [0.15, 0.2) is 6.07 Å². The Balaban J connectivity index is 2.76. The maximum Gasteiger partial charge on any atom is 0.158 e. The molecule has 1 rings (SSSR count). The van der Waals surface area contributed by atoms with Gasteiger partial charge in [0, 0.05) is 26.3 Å². The Hall–Kier alpha value is -1.40. The molecule has 0 aliphatic carbocycles. The Morgan fingerprint density at radius 2 is 2.00 bits per heavy atom. The van der Waals surface area contributed by atoms with Gasteiger partial charge in [-0.25, -0.2) is 9.97 Å². The number of hydrogen-bond donors (Lipinski definition) is 3. The summed E-state index contributed by atoms with van der Waals surface area (Å²) in [6, 6.07) is 1.79. The first-order valence-electron chi connectivity index (χ1n) is 6.04. The van der Waals surface area contributed by atoms with Crippen molar-refractivity contribution in [3.8, 4) is 0 Å². The third kappa shape index (κ3) is 5.29. The second-order valence-electron chi connectivity index (χ2n) is 4.61. The van der Waals surface area contributed by atoms with Gasteiger partial charge in [0.2, 0.25) is 0 Å². The third-order valence-electron chi connectivity index (χ3n) is 2.17. The molecule has 0 spiro atoms. The zero-order valence-electron chi connectivity index (χ0n) is 11.4. The van der Waals surface area contributed by atoms with Crippen LogP contribution in [0, 0.1) is 0 Å². The fraction of sp³-hybridized carbons (Fsp3) is 0.667. The van der Waals surface area contributed by atoms with E-state index in [4.69, 9.17) is 4.74 Å². The topological polar surface area (TPSA) is 79.3 Å². The zero-order valence-corrected chi connectivity index (χ0v) is 11.4. The van der Waals surface area contributed by atoms with Crippen LogP contribution in [-0.4, -0.2) is 40.9 Å². The molecule has 18 heavy (non-hydrogen) atoms. The molecule has 6 heteroatoms. The number of aromatic nitrogens is 2. The van der Waals surface area contributed by atoms with Crippen LogP contribution in [-0.2, 0) is 11.3 Å². The molecule has 0 fully saturated rings. The molecule has 0 atom stereocenters. The van der Waals surface area contributed by atoms with Gasteiger partial charge in [-0.05, 0) is 20.8 Å². The molecule has 0 radical (unpaired) electrons. The molecular weight excluding hydrogens is 232 g/mol. The van der Waals surface area contributed by atoms with E-state index in [1.807, 2.05) is 6.92 Å². The van der Waals surface area contributed by atoms with E-state index in [9.17, 15) is 5.11 Å². The van der Waals surface area contributed by atoms with Gasteiger partial charge in [-0.1, -0.05) is 0 Å². The van der Waals surface area contributed by atoms with E-state index < -0.39 is 5.60 Å². The molecular formula is C12H22N4O2. The molecule has 3 N–H and O–H groups in total. The first-order valence-corrected chi connectivity index (χ1v) is 6.04. The second kappa shape index (κ2) is 6.51. The Bertz CT molecular complexity index is 377. The minimum Gasteiger partial charge on any atom is -0.389 e. The number of nitrogens with one attached hydrogen (secondary N) is 2. The first-order chi connectivity index (χ1) is 8.44. The summed E-state index contributed by atoms with van der Waals surface area (Å²) in [5.41, 5.74) is -0.787. The van der Waals surface area contributed by atoms with E-state index in [1.165, 1.54) is 0 Å². The lowest BCUT2D eigenvalue weighted by atomic mass is 10.1. The van der Waals surface area contributed by atoms with Crippen molar-refractivity contribution in [2.45, 2.75) is 33.0 Å². The number of rotatable bonds is 7. The predicted molar refractivity (Wildman–Crippen MR) is 71.7 cm³/mol. The first kappa shape index (κ1) is 14.7. The van der Waals surface area contributed by atoms with Crippen molar-refractivity contribution in [3.63, 3.8) is 0 Å². The van der Waals surface area contributed by atoms with Gasteiger partial charge in [0.15, 0.2) is 5.82 Å². The van der Waals surface area contributed by atoms with E-state index in [0.717, 1.165) is 5.82 Å². The average Bonchev–Trinajstić information content (AvgIpc) is 2.32. The molecule has 102 valence electrons. The molecule has 6 nitrogen and oxygen atoms in total. The van der Waals surface area contributed by atoms with Gasteiger partial charge in [0.1, 0.15) is 18.2 Å². The van der Waals surface area contributed by atoms with Gasteiger partial charge in [0.05, 0.1) is 5.60 Å². The van der Waals surface area contributed by atoms with Gasteiger partial charge < -0.3 is 20.5 Å². The number of ether oxygens (including phenoxy) is 1. The van der Waals surface area contributed by atoms with Crippen LogP contribution in [0.4, 0.5) is 11.6 Å². The van der Waals surface area contributed by atoms with E-state index in [1.54, 1.807) is 27.0 Å². The van der Waals surface area contributed by atoms with Gasteiger partial charge in [-0.15, -0.1) is 0 Å². The summed E-state index contributed by atoms with van der Waals surface area (Å²) in [6.45, 7) is 6.82. The van der Waals surface area contributed by atoms with Crippen molar-refractivity contribution in [2.75, 3.05) is 30.8 Å². The summed E-state index contributed by atoms with van der Waals surface area (Å²) in [5.74, 6) is 2.01. The normalized spacial score (nSPS) is 11.4. The van der Waals surface area contributed by atoms with Crippen LogP contribution < -0.4 is 10.6 Å². The highest BCUT2D eigenvalue weighted by atomic mass is 16.5. The van der Waals surface area contributed by atoms with Crippen molar-refractivity contribution >= 4 is 11.6 Å². The molecule has 0 saturated heterocycles. The average molecular weight is 254 g/mol. The Labute approximate surface area is 108 Å². The fourth-order valence-corrected chi connectivity index (χ4v) is 1.28. The van der Waals surface area contributed by atoms with Crippen LogP contribution in [0.5, 0.6) is 0 Å². The Morgan fingerprint density at radius 3 is 2.56 bits per heavy atom. The number of anilines is 2. The number of aliphatic hydroxyl groups is 1. The lowest BCUT2D eigenvalue weighted by Crippen LogP contribution is -2.29. The van der Waals surface area contributed by atoms with Gasteiger partial charge in [-0.2, -0.15) is 0 Å². The van der Waals surface area contributed by atoms with Gasteiger partial charge in [0.25, 0.3) is 0 Å². The highest BCUT2D eigenvalue weighted by molar-refractivity contribution is 5.47. The Morgan fingerprint density at radius 1 is 1.33 bits per heavy atom. The molecule has 0 unspecified atom stereocenters. The maximum atomic E-state index is 9.67. The summed E-state index contributed by atoms with van der Waals surface area (Å²) >= 11 is 0. The van der Waals surface area contributed by atoms with Gasteiger partial charge in [-0.3, -0.25) is 0 Å². The minimum absolute atomic E-state index is 0.378. The van der Waals surface area contributed by atoms with Crippen LogP contribution >= 0.6 is 0 Å². The van der Waals surface area contributed by atoms with Crippen LogP contribution in [0.3, 0.4) is 0 Å². The van der Waals surface area contributed by atoms with Crippen LogP contribution in [0.1, 0.15) is 26.6 Å². The van der Waals surface area contributed by atoms with Crippen LogP contribution in [0.2, 0.25) is 0 Å². The molecule has 1 heterocycles. The highest BCUT2D eigenvalue weighted by Gasteiger charge is 2.13. The monoisotopic (exact) mass is 254 g/mol. The highest BCUT2D eigenvalue weighted by Crippen LogP contribution is 2.13. The van der Waals surface area contributed by atoms with E-state index in [-0.39, 0.29) is 0 Å². The van der Waals surface area contributed by atoms with Crippen molar-refractivity contribution in [2.24, 2.45) is 0 Å². The molecule has 0 amide bonds. The largest absolute Gasteiger partial charge is 0.389 e. The molecule has 0 aliphatic rings. The van der Waals surface area contributed by atoms with E-state index in [2.05, 4.69) is 20.6 Å². The minimum atomic E-state index is -0.787. The maximum absolute atomic E-state index is 9.67. The second-order valence-corrected chi connectivity index (χ2v) is 4.61. The lowest BCUT2D eigenvalue weighted by Gasteiger charge is -2.18. The molecule has 0 saturated carbocycles. The fourth-order valence-electron chi connectivity index (χ4n) is 1.28. The predicted octanol–water partition coefficient (Wildman–Crippen LogP) is 1.24. The summed E-state index contributed by atoms with van der Waals surface area (Å²) in [7, 11) is 1.80. The summed E-state index contributed by atoms with van der Waals surface area (Å²) in [5, 5.41) is 15.7. The number of hydrogen-bond acceptors (Lipinski definition) is 6. The van der Waals surface area contributed by atoms with Gasteiger partial charge >= 0.3 is 0 Å². The lowest BCUT2D eigenvalue weighted by molar-refractivity contribution is 0.0944. The Kier molecular flexibility index (Phi) is 5.30. The summed E-state index contributed by atoms with van der Waals surface area (Å²) < 4.78 is 5.29. The molecule has 0 aromatic carbocycles. The van der Waals surface area contributed by atoms with Crippen molar-refractivity contribution in [3.05, 3.63) is 11.9 Å². The van der Waals surface area contributed by atoms with Crippen molar-refractivity contribution < 1.29 is 9.84 Å². The quantitative estimate of drug-likeness (QED) is 0.679. The van der Waals surface area contributed by atoms with Crippen LogP contribution in [0.25, 0.3) is 0 Å². The molecule has 0 aliphatic heterocycles. The third-order valence-corrected chi connectivity index (χ3v) is 2.17. The molecule has 1 aromatic rings. The zero-order chi connectivity index (χ0) is 13.6. The standard InChI is InChI=1S/C12H22N4O2/c1-5-18-7-11-15-9(13-4)6-10(16-11)14-8-12(2,3)17/h6,17H,5,7-8H2,1-4H3,(H2,13,14,15,16). The molecule has 1 aromatic heterocycles. The smallest absolute Gasteiger partial charge is 0.158 e.